The van der Waals surface area contributed by atoms with Gasteiger partial charge in [-0.15, -0.1) is 10.2 Å². The van der Waals surface area contributed by atoms with Gasteiger partial charge in [0.05, 0.1) is 5.75 Å². The number of nitrogens with zero attached hydrogens (tertiary/aromatic N) is 3. The molecule has 0 aliphatic carbocycles. The van der Waals surface area contributed by atoms with Crippen molar-refractivity contribution in [1.82, 2.24) is 20.5 Å². The summed E-state index contributed by atoms with van der Waals surface area (Å²) in [7, 11) is 1.57. The topological polar surface area (TPSA) is 96.9 Å². The highest BCUT2D eigenvalue weighted by atomic mass is 32.2. The Kier molecular flexibility index (Phi) is 7.06. The number of rotatable bonds is 7. The van der Waals surface area contributed by atoms with E-state index in [-0.39, 0.29) is 17.6 Å². The first-order chi connectivity index (χ1) is 16.1. The van der Waals surface area contributed by atoms with Crippen LogP contribution in [0.1, 0.15) is 10.4 Å². The summed E-state index contributed by atoms with van der Waals surface area (Å²) in [6.07, 6.45) is 0. The van der Waals surface area contributed by atoms with Gasteiger partial charge in [0, 0.05) is 29.4 Å². The van der Waals surface area contributed by atoms with Crippen molar-refractivity contribution in [2.45, 2.75) is 5.16 Å². The van der Waals surface area contributed by atoms with E-state index in [1.54, 1.807) is 31.3 Å². The van der Waals surface area contributed by atoms with E-state index < -0.39 is 0 Å². The lowest BCUT2D eigenvalue weighted by Crippen LogP contribution is -2.18. The minimum Gasteiger partial charge on any atom is -0.355 e. The molecule has 0 bridgehead atoms. The van der Waals surface area contributed by atoms with Gasteiger partial charge in [-0.1, -0.05) is 72.4 Å². The van der Waals surface area contributed by atoms with Crippen LogP contribution in [0.25, 0.3) is 22.5 Å². The van der Waals surface area contributed by atoms with E-state index in [0.717, 1.165) is 11.1 Å². The lowest BCUT2D eigenvalue weighted by Gasteiger charge is -2.09. The van der Waals surface area contributed by atoms with Crippen molar-refractivity contribution >= 4 is 29.3 Å². The SMILES string of the molecule is CNC(=O)c1ccc(NC(=O)CSc2nnc(-c3ccccc3)c(-c3ccccc3)n2)cc1. The second-order valence-electron chi connectivity index (χ2n) is 7.02. The average molecular weight is 456 g/mol. The van der Waals surface area contributed by atoms with Crippen molar-refractivity contribution in [1.29, 1.82) is 0 Å². The predicted octanol–water partition coefficient (Wildman–Crippen LogP) is 4.30. The molecule has 0 atom stereocenters. The zero-order valence-corrected chi connectivity index (χ0v) is 18.7. The van der Waals surface area contributed by atoms with Crippen molar-refractivity contribution < 1.29 is 9.59 Å². The van der Waals surface area contributed by atoms with Gasteiger partial charge in [-0.3, -0.25) is 9.59 Å². The molecule has 2 N–H and O–H groups in total. The van der Waals surface area contributed by atoms with Crippen LogP contribution in [0.3, 0.4) is 0 Å². The fourth-order valence-corrected chi connectivity index (χ4v) is 3.72. The van der Waals surface area contributed by atoms with Gasteiger partial charge in [-0.05, 0) is 24.3 Å². The third-order valence-electron chi connectivity index (χ3n) is 4.75. The molecule has 0 saturated carbocycles. The first-order valence-electron chi connectivity index (χ1n) is 10.2. The molecule has 7 nitrogen and oxygen atoms in total. The van der Waals surface area contributed by atoms with E-state index in [9.17, 15) is 9.59 Å². The molecule has 0 saturated heterocycles. The van der Waals surface area contributed by atoms with Gasteiger partial charge in [-0.25, -0.2) is 4.98 Å². The van der Waals surface area contributed by atoms with Gasteiger partial charge in [0.1, 0.15) is 11.4 Å². The first kappa shape index (κ1) is 22.2. The van der Waals surface area contributed by atoms with Crippen LogP contribution in [0.4, 0.5) is 5.69 Å². The summed E-state index contributed by atoms with van der Waals surface area (Å²) in [4.78, 5) is 28.7. The Labute approximate surface area is 195 Å². The van der Waals surface area contributed by atoms with Crippen LogP contribution in [0.15, 0.2) is 90.1 Å². The van der Waals surface area contributed by atoms with Crippen molar-refractivity contribution in [2.24, 2.45) is 0 Å². The van der Waals surface area contributed by atoms with Gasteiger partial charge in [0.15, 0.2) is 0 Å². The molecule has 8 heteroatoms. The monoisotopic (exact) mass is 455 g/mol. The highest BCUT2D eigenvalue weighted by Gasteiger charge is 2.15. The maximum atomic E-state index is 12.4. The van der Waals surface area contributed by atoms with Gasteiger partial charge in [0.2, 0.25) is 11.1 Å². The van der Waals surface area contributed by atoms with Gasteiger partial charge in [0.25, 0.3) is 5.91 Å². The summed E-state index contributed by atoms with van der Waals surface area (Å²) in [5.41, 5.74) is 4.38. The average Bonchev–Trinajstić information content (AvgIpc) is 2.88. The molecule has 2 amide bonds. The zero-order chi connectivity index (χ0) is 23.0. The molecular formula is C25H21N5O2S. The highest BCUT2D eigenvalue weighted by molar-refractivity contribution is 7.99. The second kappa shape index (κ2) is 10.5. The minimum atomic E-state index is -0.204. The molecule has 0 radical (unpaired) electrons. The fraction of sp³-hybridized carbons (Fsp3) is 0.0800. The Morgan fingerprint density at radius 3 is 2.00 bits per heavy atom. The summed E-state index contributed by atoms with van der Waals surface area (Å²) >= 11 is 1.21. The zero-order valence-electron chi connectivity index (χ0n) is 17.9. The maximum absolute atomic E-state index is 12.4. The number of aromatic nitrogens is 3. The van der Waals surface area contributed by atoms with Gasteiger partial charge in [-0.2, -0.15) is 0 Å². The Morgan fingerprint density at radius 1 is 0.788 bits per heavy atom. The molecule has 0 fully saturated rings. The van der Waals surface area contributed by atoms with E-state index in [1.165, 1.54) is 11.8 Å². The van der Waals surface area contributed by atoms with Crippen LogP contribution in [0, 0.1) is 0 Å². The Hall–Kier alpha value is -4.04. The summed E-state index contributed by atoms with van der Waals surface area (Å²) in [5.74, 6) is -0.261. The van der Waals surface area contributed by atoms with Crippen LogP contribution in [0.5, 0.6) is 0 Å². The molecule has 4 aromatic rings. The molecule has 4 rings (SSSR count). The number of anilines is 1. The molecule has 1 aromatic heterocycles. The van der Waals surface area contributed by atoms with E-state index >= 15 is 0 Å². The van der Waals surface area contributed by atoms with Crippen LogP contribution < -0.4 is 10.6 Å². The molecule has 164 valence electrons. The molecule has 0 aliphatic heterocycles. The number of thioether (sulfide) groups is 1. The minimum absolute atomic E-state index is 0.123. The standard InChI is InChI=1S/C25H21N5O2S/c1-26-24(32)19-12-14-20(15-13-19)27-21(31)16-33-25-28-22(17-8-4-2-5-9-17)23(29-30-25)18-10-6-3-7-11-18/h2-15H,16H2,1H3,(H,26,32)(H,27,31). The van der Waals surface area contributed by atoms with Crippen LogP contribution in [-0.4, -0.2) is 39.8 Å². The molecule has 0 unspecified atom stereocenters. The number of nitrogens with one attached hydrogen (secondary N) is 2. The molecule has 1 heterocycles. The number of hydrogen-bond donors (Lipinski definition) is 2. The smallest absolute Gasteiger partial charge is 0.251 e. The summed E-state index contributed by atoms with van der Waals surface area (Å²) in [6.45, 7) is 0. The largest absolute Gasteiger partial charge is 0.355 e. The normalized spacial score (nSPS) is 10.5. The second-order valence-corrected chi connectivity index (χ2v) is 7.96. The van der Waals surface area contributed by atoms with E-state index in [0.29, 0.717) is 27.8 Å². The van der Waals surface area contributed by atoms with Gasteiger partial charge >= 0.3 is 0 Å². The molecule has 0 aliphatic rings. The van der Waals surface area contributed by atoms with Crippen molar-refractivity contribution in [3.05, 3.63) is 90.5 Å². The molecule has 3 aromatic carbocycles. The Bertz CT molecular complexity index is 1250. The van der Waals surface area contributed by atoms with Gasteiger partial charge < -0.3 is 10.6 Å². The fourth-order valence-electron chi connectivity index (χ4n) is 3.14. The third kappa shape index (κ3) is 5.61. The summed E-state index contributed by atoms with van der Waals surface area (Å²) in [5, 5.41) is 14.4. The number of carbonyl (C=O) groups is 2. The number of amides is 2. The molecule has 33 heavy (non-hydrogen) atoms. The number of carbonyl (C=O) groups excluding carboxylic acids is 2. The van der Waals surface area contributed by atoms with Crippen molar-refractivity contribution in [3.63, 3.8) is 0 Å². The lowest BCUT2D eigenvalue weighted by molar-refractivity contribution is -0.113. The van der Waals surface area contributed by atoms with Crippen LogP contribution in [-0.2, 0) is 4.79 Å². The predicted molar refractivity (Wildman–Crippen MR) is 130 cm³/mol. The van der Waals surface area contributed by atoms with Crippen molar-refractivity contribution in [2.75, 3.05) is 18.1 Å². The third-order valence-corrected chi connectivity index (χ3v) is 5.59. The maximum Gasteiger partial charge on any atom is 0.251 e. The van der Waals surface area contributed by atoms with E-state index in [2.05, 4.69) is 20.8 Å². The lowest BCUT2D eigenvalue weighted by atomic mass is 10.0. The molecular weight excluding hydrogens is 434 g/mol. The summed E-state index contributed by atoms with van der Waals surface area (Å²) in [6, 6.07) is 26.2. The Morgan fingerprint density at radius 2 is 1.39 bits per heavy atom. The first-order valence-corrected chi connectivity index (χ1v) is 11.2. The molecule has 0 spiro atoms. The van der Waals surface area contributed by atoms with E-state index in [1.807, 2.05) is 60.7 Å². The van der Waals surface area contributed by atoms with Crippen molar-refractivity contribution in [3.8, 4) is 22.5 Å². The highest BCUT2D eigenvalue weighted by Crippen LogP contribution is 2.29. The number of hydrogen-bond acceptors (Lipinski definition) is 6. The van der Waals surface area contributed by atoms with Crippen LogP contribution >= 0.6 is 11.8 Å². The summed E-state index contributed by atoms with van der Waals surface area (Å²) < 4.78 is 0. The quantitative estimate of drug-likeness (QED) is 0.404. The van der Waals surface area contributed by atoms with E-state index in [4.69, 9.17) is 4.98 Å². The van der Waals surface area contributed by atoms with Crippen LogP contribution in [0.2, 0.25) is 0 Å². The Balaban J connectivity index is 1.48. The number of benzene rings is 3.